The number of aryl methyl sites for hydroxylation is 3. The van der Waals surface area contributed by atoms with Gasteiger partial charge in [-0.3, -0.25) is 4.68 Å². The number of hydrogen-bond donors (Lipinski definition) is 1. The highest BCUT2D eigenvalue weighted by Crippen LogP contribution is 2.39. The summed E-state index contributed by atoms with van der Waals surface area (Å²) >= 11 is 0. The molecule has 2 aromatic rings. The van der Waals surface area contributed by atoms with E-state index in [-0.39, 0.29) is 6.04 Å². The summed E-state index contributed by atoms with van der Waals surface area (Å²) in [6, 6.07) is 2.40. The molecule has 1 saturated carbocycles. The Hall–Kier alpha value is -1.55. The average Bonchev–Trinajstić information content (AvgIpc) is 2.96. The number of rotatable bonds is 5. The van der Waals surface area contributed by atoms with E-state index in [1.165, 1.54) is 24.0 Å². The summed E-state index contributed by atoms with van der Waals surface area (Å²) in [7, 11) is 1.95. The lowest BCUT2D eigenvalue weighted by Gasteiger charge is -2.07. The fourth-order valence-electron chi connectivity index (χ4n) is 2.38. The third-order valence-electron chi connectivity index (χ3n) is 3.71. The maximum absolute atomic E-state index is 6.20. The standard InChI is InChI=1S/C14H20N4/c1-17-9-11(8-16-17)4-6-18-7-5-13(10-18)14(15)12-2-3-12/h5,7-10,12,14H,2-4,6,15H2,1H3. The first-order chi connectivity index (χ1) is 8.72. The molecule has 4 nitrogen and oxygen atoms in total. The van der Waals surface area contributed by atoms with Crippen LogP contribution >= 0.6 is 0 Å². The summed E-state index contributed by atoms with van der Waals surface area (Å²) in [5.74, 6) is 0.721. The van der Waals surface area contributed by atoms with Crippen molar-refractivity contribution in [3.05, 3.63) is 42.0 Å². The molecule has 2 heterocycles. The quantitative estimate of drug-likeness (QED) is 0.873. The minimum absolute atomic E-state index is 0.240. The van der Waals surface area contributed by atoms with E-state index in [9.17, 15) is 0 Å². The van der Waals surface area contributed by atoms with Gasteiger partial charge < -0.3 is 10.3 Å². The van der Waals surface area contributed by atoms with Crippen LogP contribution in [-0.4, -0.2) is 14.3 Å². The molecule has 1 unspecified atom stereocenters. The average molecular weight is 244 g/mol. The summed E-state index contributed by atoms with van der Waals surface area (Å²) < 4.78 is 4.07. The van der Waals surface area contributed by atoms with E-state index in [1.807, 2.05) is 17.9 Å². The van der Waals surface area contributed by atoms with Crippen molar-refractivity contribution in [3.8, 4) is 0 Å². The molecule has 0 amide bonds. The van der Waals surface area contributed by atoms with Crippen LogP contribution in [0.1, 0.15) is 30.0 Å². The summed E-state index contributed by atoms with van der Waals surface area (Å²) in [6.45, 7) is 0.989. The monoisotopic (exact) mass is 244 g/mol. The smallest absolute Gasteiger partial charge is 0.0522 e. The van der Waals surface area contributed by atoms with Gasteiger partial charge in [0.25, 0.3) is 0 Å². The molecule has 4 heteroatoms. The highest BCUT2D eigenvalue weighted by atomic mass is 15.2. The number of nitrogens with two attached hydrogens (primary N) is 1. The van der Waals surface area contributed by atoms with Gasteiger partial charge in [0, 0.05) is 38.2 Å². The van der Waals surface area contributed by atoms with E-state index < -0.39 is 0 Å². The van der Waals surface area contributed by atoms with Gasteiger partial charge in [-0.25, -0.2) is 0 Å². The molecule has 1 aliphatic carbocycles. The Balaban J connectivity index is 1.59. The Morgan fingerprint density at radius 3 is 2.94 bits per heavy atom. The van der Waals surface area contributed by atoms with Crippen molar-refractivity contribution in [2.75, 3.05) is 0 Å². The van der Waals surface area contributed by atoms with Crippen LogP contribution in [0.15, 0.2) is 30.9 Å². The van der Waals surface area contributed by atoms with Gasteiger partial charge >= 0.3 is 0 Å². The Kier molecular flexibility index (Phi) is 2.96. The van der Waals surface area contributed by atoms with Crippen LogP contribution in [0.4, 0.5) is 0 Å². The van der Waals surface area contributed by atoms with E-state index in [0.29, 0.717) is 0 Å². The molecule has 0 saturated heterocycles. The Morgan fingerprint density at radius 2 is 2.28 bits per heavy atom. The highest BCUT2D eigenvalue weighted by molar-refractivity contribution is 5.17. The van der Waals surface area contributed by atoms with Gasteiger partial charge in [-0.2, -0.15) is 5.10 Å². The zero-order valence-electron chi connectivity index (χ0n) is 10.8. The van der Waals surface area contributed by atoms with Crippen molar-refractivity contribution < 1.29 is 0 Å². The van der Waals surface area contributed by atoms with Crippen LogP contribution < -0.4 is 5.73 Å². The summed E-state index contributed by atoms with van der Waals surface area (Å²) in [5.41, 5.74) is 8.76. The lowest BCUT2D eigenvalue weighted by Crippen LogP contribution is -2.11. The molecule has 2 aromatic heterocycles. The first-order valence-electron chi connectivity index (χ1n) is 6.61. The topological polar surface area (TPSA) is 48.8 Å². The summed E-state index contributed by atoms with van der Waals surface area (Å²) in [6.07, 6.45) is 11.9. The number of nitrogens with zero attached hydrogens (tertiary/aromatic N) is 3. The highest BCUT2D eigenvalue weighted by Gasteiger charge is 2.29. The number of hydrogen-bond acceptors (Lipinski definition) is 2. The van der Waals surface area contributed by atoms with Gasteiger partial charge in [-0.15, -0.1) is 0 Å². The first kappa shape index (κ1) is 11.5. The minimum Gasteiger partial charge on any atom is -0.354 e. The molecule has 1 fully saturated rings. The summed E-state index contributed by atoms with van der Waals surface area (Å²) in [4.78, 5) is 0. The predicted molar refractivity (Wildman–Crippen MR) is 71.0 cm³/mol. The Labute approximate surface area is 107 Å². The lowest BCUT2D eigenvalue weighted by molar-refractivity contribution is 0.626. The van der Waals surface area contributed by atoms with Crippen molar-refractivity contribution in [2.45, 2.75) is 31.8 Å². The van der Waals surface area contributed by atoms with E-state index >= 15 is 0 Å². The SMILES string of the molecule is Cn1cc(CCn2ccc(C(N)C3CC3)c2)cn1. The van der Waals surface area contributed by atoms with Crippen molar-refractivity contribution in [1.82, 2.24) is 14.3 Å². The zero-order chi connectivity index (χ0) is 12.5. The van der Waals surface area contributed by atoms with Crippen LogP contribution in [0.3, 0.4) is 0 Å². The fourth-order valence-corrected chi connectivity index (χ4v) is 2.38. The van der Waals surface area contributed by atoms with E-state index in [1.54, 1.807) is 0 Å². The van der Waals surface area contributed by atoms with Crippen LogP contribution in [0.5, 0.6) is 0 Å². The molecule has 96 valence electrons. The normalized spacial score (nSPS) is 17.0. The third kappa shape index (κ3) is 2.48. The number of aromatic nitrogens is 3. The predicted octanol–water partition coefficient (Wildman–Crippen LogP) is 1.87. The second-order valence-corrected chi connectivity index (χ2v) is 5.32. The van der Waals surface area contributed by atoms with Gasteiger partial charge in [0.2, 0.25) is 0 Å². The van der Waals surface area contributed by atoms with Crippen molar-refractivity contribution in [3.63, 3.8) is 0 Å². The molecule has 1 atom stereocenters. The van der Waals surface area contributed by atoms with Crippen molar-refractivity contribution >= 4 is 0 Å². The molecule has 0 bridgehead atoms. The first-order valence-corrected chi connectivity index (χ1v) is 6.61. The summed E-state index contributed by atoms with van der Waals surface area (Å²) in [5, 5.41) is 4.18. The van der Waals surface area contributed by atoms with Crippen molar-refractivity contribution in [2.24, 2.45) is 18.7 Å². The van der Waals surface area contributed by atoms with Gasteiger partial charge in [0.1, 0.15) is 0 Å². The molecule has 0 spiro atoms. The lowest BCUT2D eigenvalue weighted by atomic mass is 10.1. The van der Waals surface area contributed by atoms with Crippen LogP contribution in [0.2, 0.25) is 0 Å². The molecule has 0 aromatic carbocycles. The van der Waals surface area contributed by atoms with Crippen LogP contribution in [-0.2, 0) is 20.0 Å². The van der Waals surface area contributed by atoms with Crippen LogP contribution in [0, 0.1) is 5.92 Å². The maximum Gasteiger partial charge on any atom is 0.0522 e. The maximum atomic E-state index is 6.20. The minimum atomic E-state index is 0.240. The van der Waals surface area contributed by atoms with E-state index in [4.69, 9.17) is 5.73 Å². The van der Waals surface area contributed by atoms with Gasteiger partial charge in [0.15, 0.2) is 0 Å². The fraction of sp³-hybridized carbons (Fsp3) is 0.500. The van der Waals surface area contributed by atoms with Gasteiger partial charge in [-0.05, 0) is 42.4 Å². The van der Waals surface area contributed by atoms with Crippen molar-refractivity contribution in [1.29, 1.82) is 0 Å². The molecule has 1 aliphatic rings. The molecule has 2 N–H and O–H groups in total. The molecular formula is C14H20N4. The van der Waals surface area contributed by atoms with E-state index in [0.717, 1.165) is 18.9 Å². The molecule has 0 aliphatic heterocycles. The largest absolute Gasteiger partial charge is 0.354 e. The second-order valence-electron chi connectivity index (χ2n) is 5.32. The Morgan fingerprint density at radius 1 is 1.44 bits per heavy atom. The molecule has 3 rings (SSSR count). The van der Waals surface area contributed by atoms with E-state index in [2.05, 4.69) is 34.3 Å². The third-order valence-corrected chi connectivity index (χ3v) is 3.71. The Bertz CT molecular complexity index is 521. The van der Waals surface area contributed by atoms with Gasteiger partial charge in [0.05, 0.1) is 6.20 Å². The molecular weight excluding hydrogens is 224 g/mol. The van der Waals surface area contributed by atoms with Gasteiger partial charge in [-0.1, -0.05) is 0 Å². The van der Waals surface area contributed by atoms with Crippen LogP contribution in [0.25, 0.3) is 0 Å². The second kappa shape index (κ2) is 4.61. The molecule has 0 radical (unpaired) electrons. The zero-order valence-corrected chi connectivity index (χ0v) is 10.8. The molecule has 18 heavy (non-hydrogen) atoms.